The molecule has 1 aromatic rings. The van der Waals surface area contributed by atoms with Gasteiger partial charge in [-0.15, -0.1) is 12.4 Å². The van der Waals surface area contributed by atoms with E-state index in [0.717, 1.165) is 0 Å². The second kappa shape index (κ2) is 8.38. The molecule has 3 N–H and O–H groups in total. The summed E-state index contributed by atoms with van der Waals surface area (Å²) in [6.45, 7) is 1.43. The quantitative estimate of drug-likeness (QED) is 0.748. The summed E-state index contributed by atoms with van der Waals surface area (Å²) in [6.07, 6.45) is -0.438. The smallest absolute Gasteiger partial charge is 0.257 e. The number of halogens is 3. The van der Waals surface area contributed by atoms with E-state index in [1.165, 1.54) is 18.2 Å². The molecule has 21 heavy (non-hydrogen) atoms. The largest absolute Gasteiger partial charge is 0.484 e. The normalized spacial score (nSPS) is 20.7. The van der Waals surface area contributed by atoms with Gasteiger partial charge in [0, 0.05) is 31.6 Å². The third-order valence-electron chi connectivity index (χ3n) is 3.13. The molecule has 1 saturated heterocycles. The van der Waals surface area contributed by atoms with Crippen LogP contribution in [0.2, 0.25) is 5.02 Å². The first-order valence-electron chi connectivity index (χ1n) is 6.29. The van der Waals surface area contributed by atoms with Crippen molar-refractivity contribution >= 4 is 29.9 Å². The lowest BCUT2D eigenvalue weighted by Crippen LogP contribution is -2.36. The number of aliphatic hydroxyl groups is 1. The first kappa shape index (κ1) is 18.0. The van der Waals surface area contributed by atoms with Gasteiger partial charge in [0.1, 0.15) is 11.6 Å². The summed E-state index contributed by atoms with van der Waals surface area (Å²) in [5.41, 5.74) is 0. The third kappa shape index (κ3) is 5.32. The van der Waals surface area contributed by atoms with Crippen molar-refractivity contribution in [1.82, 2.24) is 10.6 Å². The number of rotatable bonds is 5. The van der Waals surface area contributed by atoms with E-state index >= 15 is 0 Å². The molecule has 1 fully saturated rings. The van der Waals surface area contributed by atoms with Crippen LogP contribution in [0, 0.1) is 11.7 Å². The number of nitrogens with one attached hydrogen (secondary N) is 2. The fourth-order valence-electron chi connectivity index (χ4n) is 1.94. The van der Waals surface area contributed by atoms with Crippen molar-refractivity contribution in [2.75, 3.05) is 26.2 Å². The maximum absolute atomic E-state index is 12.9. The number of amides is 1. The number of hydrogen-bond donors (Lipinski definition) is 3. The average molecular weight is 339 g/mol. The Balaban J connectivity index is 0.00000220. The van der Waals surface area contributed by atoms with Gasteiger partial charge in [0.05, 0.1) is 11.1 Å². The second-order valence-electron chi connectivity index (χ2n) is 4.65. The minimum Gasteiger partial charge on any atom is -0.484 e. The van der Waals surface area contributed by atoms with Crippen molar-refractivity contribution in [3.05, 3.63) is 29.0 Å². The van der Waals surface area contributed by atoms with Gasteiger partial charge >= 0.3 is 0 Å². The number of benzene rings is 1. The molecule has 0 saturated carbocycles. The minimum absolute atomic E-state index is 0. The van der Waals surface area contributed by atoms with E-state index in [1.807, 2.05) is 0 Å². The van der Waals surface area contributed by atoms with Gasteiger partial charge in [-0.1, -0.05) is 11.6 Å². The standard InChI is InChI=1S/C13H16ClFN2O3.ClH/c14-10-3-9(1-2-11(10)15)20-7-13(19)17-5-8-4-16-6-12(8)18;/h1-3,8,12,16,18H,4-7H2,(H,17,19);1H. The predicted octanol–water partition coefficient (Wildman–Crippen LogP) is 0.976. The molecular formula is C13H17Cl2FN2O3. The number of hydrogen-bond acceptors (Lipinski definition) is 4. The molecule has 2 unspecified atom stereocenters. The molecule has 8 heteroatoms. The van der Waals surface area contributed by atoms with Crippen LogP contribution in [0.4, 0.5) is 4.39 Å². The highest BCUT2D eigenvalue weighted by molar-refractivity contribution is 6.30. The summed E-state index contributed by atoms with van der Waals surface area (Å²) in [4.78, 5) is 11.6. The second-order valence-corrected chi connectivity index (χ2v) is 5.06. The molecule has 0 bridgehead atoms. The van der Waals surface area contributed by atoms with Gasteiger partial charge in [0.2, 0.25) is 0 Å². The molecule has 5 nitrogen and oxygen atoms in total. The molecule has 118 valence electrons. The van der Waals surface area contributed by atoms with E-state index in [9.17, 15) is 14.3 Å². The summed E-state index contributed by atoms with van der Waals surface area (Å²) in [7, 11) is 0. The van der Waals surface area contributed by atoms with Crippen molar-refractivity contribution in [1.29, 1.82) is 0 Å². The maximum Gasteiger partial charge on any atom is 0.257 e. The molecule has 2 rings (SSSR count). The number of ether oxygens (including phenoxy) is 1. The molecule has 1 aromatic carbocycles. The van der Waals surface area contributed by atoms with Crippen LogP contribution in [-0.4, -0.2) is 43.4 Å². The van der Waals surface area contributed by atoms with Crippen molar-refractivity contribution in [2.24, 2.45) is 5.92 Å². The van der Waals surface area contributed by atoms with Gasteiger partial charge in [0.25, 0.3) is 5.91 Å². The van der Waals surface area contributed by atoms with Crippen LogP contribution in [0.5, 0.6) is 5.75 Å². The zero-order chi connectivity index (χ0) is 14.5. The van der Waals surface area contributed by atoms with Gasteiger partial charge in [-0.05, 0) is 12.1 Å². The van der Waals surface area contributed by atoms with Gasteiger partial charge in [-0.25, -0.2) is 4.39 Å². The van der Waals surface area contributed by atoms with Crippen LogP contribution in [0.1, 0.15) is 0 Å². The first-order valence-corrected chi connectivity index (χ1v) is 6.67. The summed E-state index contributed by atoms with van der Waals surface area (Å²) in [6, 6.07) is 3.89. The highest BCUT2D eigenvalue weighted by Gasteiger charge is 2.24. The summed E-state index contributed by atoms with van der Waals surface area (Å²) < 4.78 is 18.1. The summed E-state index contributed by atoms with van der Waals surface area (Å²) in [5.74, 6) is -0.496. The third-order valence-corrected chi connectivity index (χ3v) is 3.42. The average Bonchev–Trinajstić information content (AvgIpc) is 2.83. The first-order chi connectivity index (χ1) is 9.56. The lowest BCUT2D eigenvalue weighted by atomic mass is 10.1. The lowest BCUT2D eigenvalue weighted by molar-refractivity contribution is -0.123. The Morgan fingerprint density at radius 2 is 2.29 bits per heavy atom. The maximum atomic E-state index is 12.9. The molecule has 1 aliphatic rings. The fourth-order valence-corrected chi connectivity index (χ4v) is 2.11. The Morgan fingerprint density at radius 1 is 1.52 bits per heavy atom. The van der Waals surface area contributed by atoms with Crippen LogP contribution < -0.4 is 15.4 Å². The molecule has 1 heterocycles. The van der Waals surface area contributed by atoms with Gasteiger partial charge in [0.15, 0.2) is 6.61 Å². The molecule has 2 atom stereocenters. The van der Waals surface area contributed by atoms with Crippen molar-refractivity contribution < 1.29 is 19.0 Å². The monoisotopic (exact) mass is 338 g/mol. The van der Waals surface area contributed by atoms with E-state index < -0.39 is 11.9 Å². The Labute approximate surface area is 133 Å². The molecule has 0 radical (unpaired) electrons. The van der Waals surface area contributed by atoms with E-state index in [4.69, 9.17) is 16.3 Å². The summed E-state index contributed by atoms with van der Waals surface area (Å²) >= 11 is 5.60. The van der Waals surface area contributed by atoms with Crippen LogP contribution >= 0.6 is 24.0 Å². The number of carbonyl (C=O) groups is 1. The van der Waals surface area contributed by atoms with Crippen molar-refractivity contribution in [2.45, 2.75) is 6.10 Å². The number of carbonyl (C=O) groups excluding carboxylic acids is 1. The zero-order valence-electron chi connectivity index (χ0n) is 11.1. The Kier molecular flexibility index (Phi) is 7.17. The van der Waals surface area contributed by atoms with Crippen molar-refractivity contribution in [3.8, 4) is 5.75 Å². The predicted molar refractivity (Wildman–Crippen MR) is 79.5 cm³/mol. The molecule has 0 aromatic heterocycles. The van der Waals surface area contributed by atoms with Crippen LogP contribution in [0.3, 0.4) is 0 Å². The molecule has 0 aliphatic carbocycles. The lowest BCUT2D eigenvalue weighted by Gasteiger charge is -2.14. The molecule has 1 aliphatic heterocycles. The van der Waals surface area contributed by atoms with Crippen LogP contribution in [0.25, 0.3) is 0 Å². The Morgan fingerprint density at radius 3 is 2.90 bits per heavy atom. The minimum atomic E-state index is -0.536. The number of β-amino-alcohol motifs (C(OH)–C–C–N with tert-alkyl or cyclic N) is 1. The number of aliphatic hydroxyl groups excluding tert-OH is 1. The van der Waals surface area contributed by atoms with E-state index in [-0.39, 0.29) is 35.9 Å². The Bertz CT molecular complexity index is 490. The van der Waals surface area contributed by atoms with Gasteiger partial charge < -0.3 is 20.5 Å². The van der Waals surface area contributed by atoms with Gasteiger partial charge in [-0.3, -0.25) is 4.79 Å². The Hall–Kier alpha value is -1.08. The van der Waals surface area contributed by atoms with Crippen molar-refractivity contribution in [3.63, 3.8) is 0 Å². The van der Waals surface area contributed by atoms with Crippen LogP contribution in [0.15, 0.2) is 18.2 Å². The topological polar surface area (TPSA) is 70.6 Å². The molecule has 1 amide bonds. The molecule has 0 spiro atoms. The zero-order valence-corrected chi connectivity index (χ0v) is 12.7. The van der Waals surface area contributed by atoms with E-state index in [2.05, 4.69) is 10.6 Å². The van der Waals surface area contributed by atoms with Crippen LogP contribution in [-0.2, 0) is 4.79 Å². The van der Waals surface area contributed by atoms with E-state index in [0.29, 0.717) is 25.4 Å². The highest BCUT2D eigenvalue weighted by Crippen LogP contribution is 2.20. The highest BCUT2D eigenvalue weighted by atomic mass is 35.5. The summed E-state index contributed by atoms with van der Waals surface area (Å²) in [5, 5.41) is 15.2. The SMILES string of the molecule is Cl.O=C(COc1ccc(F)c(Cl)c1)NCC1CNCC1O. The fraction of sp³-hybridized carbons (Fsp3) is 0.462. The molecular weight excluding hydrogens is 322 g/mol. The van der Waals surface area contributed by atoms with Gasteiger partial charge in [-0.2, -0.15) is 0 Å². The van der Waals surface area contributed by atoms with E-state index in [1.54, 1.807) is 0 Å².